The molecule has 3 rings (SSSR count). The van der Waals surface area contributed by atoms with Gasteiger partial charge in [0.1, 0.15) is 5.75 Å². The molecule has 2 heterocycles. The predicted molar refractivity (Wildman–Crippen MR) is 97.0 cm³/mol. The van der Waals surface area contributed by atoms with Crippen LogP contribution in [0.5, 0.6) is 5.75 Å². The normalized spacial score (nSPS) is 16.1. The molecule has 0 saturated carbocycles. The van der Waals surface area contributed by atoms with E-state index in [1.165, 1.54) is 0 Å². The molecule has 130 valence electrons. The average molecular weight is 357 g/mol. The van der Waals surface area contributed by atoms with Gasteiger partial charge in [0, 0.05) is 19.7 Å². The molecule has 2 aromatic rings. The van der Waals surface area contributed by atoms with Crippen LogP contribution in [0.2, 0.25) is 0 Å². The number of rotatable bonds is 4. The smallest absolute Gasteiger partial charge is 0.253 e. The predicted octanol–water partition coefficient (Wildman–Crippen LogP) is 3.36. The van der Waals surface area contributed by atoms with Crippen LogP contribution in [0.3, 0.4) is 0 Å². The minimum absolute atomic E-state index is 0.0275. The van der Waals surface area contributed by atoms with Gasteiger partial charge in [0.15, 0.2) is 6.10 Å². The fourth-order valence-corrected chi connectivity index (χ4v) is 2.74. The Balaban J connectivity index is 1.60. The van der Waals surface area contributed by atoms with E-state index in [4.69, 9.17) is 9.57 Å². The van der Waals surface area contributed by atoms with Crippen molar-refractivity contribution in [2.45, 2.75) is 17.6 Å². The van der Waals surface area contributed by atoms with Gasteiger partial charge in [-0.25, -0.2) is 4.98 Å². The van der Waals surface area contributed by atoms with Crippen LogP contribution < -0.4 is 4.74 Å². The fraction of sp³-hybridized carbons (Fsp3) is 0.278. The number of benzene rings is 1. The van der Waals surface area contributed by atoms with Crippen LogP contribution >= 0.6 is 11.8 Å². The zero-order valence-corrected chi connectivity index (χ0v) is 15.1. The highest BCUT2D eigenvalue weighted by Crippen LogP contribution is 2.28. The Morgan fingerprint density at radius 3 is 2.60 bits per heavy atom. The SMILES string of the molecule is CSc1ccc(OC2=NOC(c3ccc(C(=O)N(C)C)cc3)C2)cn1. The topological polar surface area (TPSA) is 64.0 Å². The second-order valence-electron chi connectivity index (χ2n) is 5.74. The summed E-state index contributed by atoms with van der Waals surface area (Å²) < 4.78 is 5.71. The summed E-state index contributed by atoms with van der Waals surface area (Å²) in [5.41, 5.74) is 1.60. The molecule has 0 aliphatic carbocycles. The second kappa shape index (κ2) is 7.57. The molecule has 0 fully saturated rings. The lowest BCUT2D eigenvalue weighted by molar-refractivity contribution is 0.0823. The van der Waals surface area contributed by atoms with Gasteiger partial charge in [-0.1, -0.05) is 17.3 Å². The summed E-state index contributed by atoms with van der Waals surface area (Å²) in [5.74, 6) is 1.12. The first-order valence-electron chi connectivity index (χ1n) is 7.79. The highest BCUT2D eigenvalue weighted by atomic mass is 32.2. The molecule has 1 aromatic carbocycles. The average Bonchev–Trinajstić information content (AvgIpc) is 3.10. The van der Waals surface area contributed by atoms with Crippen molar-refractivity contribution in [3.63, 3.8) is 0 Å². The van der Waals surface area contributed by atoms with Crippen molar-refractivity contribution in [2.24, 2.45) is 5.16 Å². The number of thioether (sulfide) groups is 1. The van der Waals surface area contributed by atoms with Crippen LogP contribution in [-0.2, 0) is 4.84 Å². The molecular weight excluding hydrogens is 338 g/mol. The molecule has 1 aliphatic heterocycles. The van der Waals surface area contributed by atoms with E-state index < -0.39 is 0 Å². The van der Waals surface area contributed by atoms with E-state index in [9.17, 15) is 4.79 Å². The summed E-state index contributed by atoms with van der Waals surface area (Å²) in [6, 6.07) is 11.1. The fourth-order valence-electron chi connectivity index (χ4n) is 2.38. The standard InChI is InChI=1S/C18H19N3O3S/c1-21(2)18(22)13-6-4-12(5-7-13)15-10-16(20-24-15)23-14-8-9-17(25-3)19-11-14/h4-9,11,15H,10H2,1-3H3. The minimum Gasteiger partial charge on any atom is -0.438 e. The molecular formula is C18H19N3O3S. The molecule has 0 bridgehead atoms. The highest BCUT2D eigenvalue weighted by Gasteiger charge is 2.25. The molecule has 0 saturated heterocycles. The maximum absolute atomic E-state index is 11.9. The van der Waals surface area contributed by atoms with Crippen LogP contribution in [0, 0.1) is 0 Å². The van der Waals surface area contributed by atoms with Crippen molar-refractivity contribution in [3.8, 4) is 5.75 Å². The minimum atomic E-state index is -0.211. The molecule has 0 radical (unpaired) electrons. The Morgan fingerprint density at radius 2 is 2.00 bits per heavy atom. The summed E-state index contributed by atoms with van der Waals surface area (Å²) in [7, 11) is 3.46. The van der Waals surface area contributed by atoms with Gasteiger partial charge in [0.2, 0.25) is 5.90 Å². The molecule has 1 amide bonds. The van der Waals surface area contributed by atoms with E-state index in [0.717, 1.165) is 10.6 Å². The van der Waals surface area contributed by atoms with Gasteiger partial charge in [-0.3, -0.25) is 4.79 Å². The van der Waals surface area contributed by atoms with Crippen LogP contribution in [-0.4, -0.2) is 42.0 Å². The van der Waals surface area contributed by atoms with Crippen molar-refractivity contribution in [2.75, 3.05) is 20.4 Å². The Hall–Kier alpha value is -2.54. The summed E-state index contributed by atoms with van der Waals surface area (Å²) in [6.07, 6.45) is 3.96. The number of pyridine rings is 1. The maximum atomic E-state index is 11.9. The van der Waals surface area contributed by atoms with Crippen molar-refractivity contribution in [1.82, 2.24) is 9.88 Å². The van der Waals surface area contributed by atoms with E-state index in [1.807, 2.05) is 30.5 Å². The molecule has 1 aliphatic rings. The number of hydrogen-bond donors (Lipinski definition) is 0. The number of carbonyl (C=O) groups is 1. The Bertz CT molecular complexity index is 773. The number of hydrogen-bond acceptors (Lipinski definition) is 6. The van der Waals surface area contributed by atoms with Crippen molar-refractivity contribution >= 4 is 23.6 Å². The monoisotopic (exact) mass is 357 g/mol. The molecule has 25 heavy (non-hydrogen) atoms. The number of ether oxygens (including phenoxy) is 1. The van der Waals surface area contributed by atoms with E-state index in [2.05, 4.69) is 10.1 Å². The van der Waals surface area contributed by atoms with Gasteiger partial charge in [-0.15, -0.1) is 11.8 Å². The van der Waals surface area contributed by atoms with Gasteiger partial charge < -0.3 is 14.5 Å². The summed E-state index contributed by atoms with van der Waals surface area (Å²) >= 11 is 1.57. The number of oxime groups is 1. The number of nitrogens with zero attached hydrogens (tertiary/aromatic N) is 3. The summed E-state index contributed by atoms with van der Waals surface area (Å²) in [5, 5.41) is 4.94. The van der Waals surface area contributed by atoms with Gasteiger partial charge >= 0.3 is 0 Å². The quantitative estimate of drug-likeness (QED) is 0.785. The lowest BCUT2D eigenvalue weighted by Crippen LogP contribution is -2.21. The molecule has 7 heteroatoms. The van der Waals surface area contributed by atoms with Gasteiger partial charge in [0.25, 0.3) is 5.91 Å². The lowest BCUT2D eigenvalue weighted by atomic mass is 10.0. The van der Waals surface area contributed by atoms with Crippen LogP contribution in [0.25, 0.3) is 0 Å². The number of aromatic nitrogens is 1. The van der Waals surface area contributed by atoms with Crippen LogP contribution in [0.4, 0.5) is 0 Å². The van der Waals surface area contributed by atoms with E-state index in [0.29, 0.717) is 23.6 Å². The Morgan fingerprint density at radius 1 is 1.24 bits per heavy atom. The van der Waals surface area contributed by atoms with Crippen molar-refractivity contribution in [3.05, 3.63) is 53.7 Å². The first-order chi connectivity index (χ1) is 12.1. The Kier molecular flexibility index (Phi) is 5.23. The number of carbonyl (C=O) groups excluding carboxylic acids is 1. The molecule has 1 aromatic heterocycles. The lowest BCUT2D eigenvalue weighted by Gasteiger charge is -2.12. The largest absolute Gasteiger partial charge is 0.438 e. The first-order valence-corrected chi connectivity index (χ1v) is 9.01. The zero-order valence-electron chi connectivity index (χ0n) is 14.3. The van der Waals surface area contributed by atoms with Gasteiger partial charge in [-0.05, 0) is 36.1 Å². The van der Waals surface area contributed by atoms with Gasteiger partial charge in [0.05, 0.1) is 17.6 Å². The van der Waals surface area contributed by atoms with Crippen molar-refractivity contribution < 1.29 is 14.4 Å². The third kappa shape index (κ3) is 4.11. The zero-order chi connectivity index (χ0) is 17.8. The van der Waals surface area contributed by atoms with Gasteiger partial charge in [-0.2, -0.15) is 0 Å². The molecule has 0 spiro atoms. The highest BCUT2D eigenvalue weighted by molar-refractivity contribution is 7.98. The third-order valence-corrected chi connectivity index (χ3v) is 4.39. The Labute approximate surface area is 150 Å². The summed E-state index contributed by atoms with van der Waals surface area (Å²) in [6.45, 7) is 0. The molecule has 1 unspecified atom stereocenters. The first kappa shape index (κ1) is 17.3. The number of amides is 1. The van der Waals surface area contributed by atoms with Crippen LogP contribution in [0.1, 0.15) is 28.4 Å². The van der Waals surface area contributed by atoms with Crippen LogP contribution in [0.15, 0.2) is 52.8 Å². The molecule has 0 N–H and O–H groups in total. The van der Waals surface area contributed by atoms with E-state index in [1.54, 1.807) is 49.1 Å². The third-order valence-electron chi connectivity index (χ3n) is 3.73. The maximum Gasteiger partial charge on any atom is 0.253 e. The molecule has 1 atom stereocenters. The van der Waals surface area contributed by atoms with E-state index in [-0.39, 0.29) is 12.0 Å². The van der Waals surface area contributed by atoms with E-state index >= 15 is 0 Å². The van der Waals surface area contributed by atoms with Crippen molar-refractivity contribution in [1.29, 1.82) is 0 Å². The second-order valence-corrected chi connectivity index (χ2v) is 6.57. The summed E-state index contributed by atoms with van der Waals surface area (Å²) in [4.78, 5) is 23.2. The molecule has 6 nitrogen and oxygen atoms in total.